The lowest BCUT2D eigenvalue weighted by molar-refractivity contribution is -0.140. The lowest BCUT2D eigenvalue weighted by Gasteiger charge is -2.45. The number of benzene rings is 1. The van der Waals surface area contributed by atoms with Crippen molar-refractivity contribution < 1.29 is 14.3 Å². The molecule has 3 heteroatoms. The van der Waals surface area contributed by atoms with Gasteiger partial charge in [-0.2, -0.15) is 0 Å². The lowest BCUT2D eigenvalue weighted by Crippen LogP contribution is -2.43. The van der Waals surface area contributed by atoms with E-state index in [0.29, 0.717) is 31.0 Å². The van der Waals surface area contributed by atoms with Gasteiger partial charge in [0.1, 0.15) is 0 Å². The molecule has 24 heavy (non-hydrogen) atoms. The predicted molar refractivity (Wildman–Crippen MR) is 92.2 cm³/mol. The van der Waals surface area contributed by atoms with Crippen LogP contribution >= 0.6 is 0 Å². The van der Waals surface area contributed by atoms with Gasteiger partial charge in [0.05, 0.1) is 19.3 Å². The van der Waals surface area contributed by atoms with Crippen LogP contribution in [0.5, 0.6) is 0 Å². The molecular weight excluding hydrogens is 300 g/mol. The molecule has 0 unspecified atom stereocenters. The summed E-state index contributed by atoms with van der Waals surface area (Å²) in [6.07, 6.45) is 3.87. The number of esters is 1. The molecular formula is C21H26O3. The molecule has 2 saturated carbocycles. The Morgan fingerprint density at radius 2 is 1.88 bits per heavy atom. The van der Waals surface area contributed by atoms with E-state index in [1.54, 1.807) is 0 Å². The van der Waals surface area contributed by atoms with Gasteiger partial charge in [0.15, 0.2) is 0 Å². The Morgan fingerprint density at radius 3 is 2.58 bits per heavy atom. The third-order valence-electron chi connectivity index (χ3n) is 6.20. The maximum Gasteiger partial charge on any atom is 0.334 e. The van der Waals surface area contributed by atoms with Crippen LogP contribution in [0.3, 0.4) is 0 Å². The number of rotatable bonds is 6. The third kappa shape index (κ3) is 2.50. The van der Waals surface area contributed by atoms with Crippen molar-refractivity contribution in [1.29, 1.82) is 0 Å². The van der Waals surface area contributed by atoms with Crippen LogP contribution in [0.15, 0.2) is 41.5 Å². The van der Waals surface area contributed by atoms with Crippen molar-refractivity contribution in [2.45, 2.75) is 45.8 Å². The molecule has 0 aliphatic heterocycles. The van der Waals surface area contributed by atoms with Crippen LogP contribution in [0.2, 0.25) is 0 Å². The normalized spacial score (nSPS) is 31.6. The van der Waals surface area contributed by atoms with Gasteiger partial charge < -0.3 is 9.47 Å². The number of hydrogen-bond donors (Lipinski definition) is 0. The van der Waals surface area contributed by atoms with E-state index in [9.17, 15) is 4.79 Å². The number of fused-ring (bicyclic) bond motifs is 5. The highest BCUT2D eigenvalue weighted by molar-refractivity contribution is 5.93. The Kier molecular flexibility index (Phi) is 4.21. The predicted octanol–water partition coefficient (Wildman–Crippen LogP) is 4.13. The van der Waals surface area contributed by atoms with E-state index in [-0.39, 0.29) is 12.1 Å². The van der Waals surface area contributed by atoms with Crippen molar-refractivity contribution in [3.05, 3.63) is 47.0 Å². The minimum absolute atomic E-state index is 0.00906. The van der Waals surface area contributed by atoms with Gasteiger partial charge in [-0.1, -0.05) is 30.3 Å². The van der Waals surface area contributed by atoms with Crippen molar-refractivity contribution in [3.8, 4) is 0 Å². The summed E-state index contributed by atoms with van der Waals surface area (Å²) in [5.74, 6) is 2.37. The van der Waals surface area contributed by atoms with Crippen molar-refractivity contribution >= 4 is 5.97 Å². The second-order valence-corrected chi connectivity index (χ2v) is 7.41. The van der Waals surface area contributed by atoms with E-state index in [1.165, 1.54) is 30.4 Å². The highest BCUT2D eigenvalue weighted by Crippen LogP contribution is 2.64. The van der Waals surface area contributed by atoms with Crippen LogP contribution in [-0.2, 0) is 20.9 Å². The zero-order valence-electron chi connectivity index (χ0n) is 14.5. The molecule has 0 amide bonds. The summed E-state index contributed by atoms with van der Waals surface area (Å²) in [6.45, 7) is 5.01. The average molecular weight is 326 g/mol. The first-order valence-electron chi connectivity index (χ1n) is 9.27. The monoisotopic (exact) mass is 326 g/mol. The number of hydrogen-bond acceptors (Lipinski definition) is 3. The number of ether oxygens (including phenoxy) is 2. The average Bonchev–Trinajstić information content (AvgIpc) is 3.12. The molecule has 0 saturated heterocycles. The first kappa shape index (κ1) is 15.9. The van der Waals surface area contributed by atoms with Gasteiger partial charge in [0, 0.05) is 11.5 Å². The van der Waals surface area contributed by atoms with Crippen molar-refractivity contribution in [3.63, 3.8) is 0 Å². The number of carbonyl (C=O) groups excluding carboxylic acids is 1. The van der Waals surface area contributed by atoms with E-state index in [4.69, 9.17) is 9.47 Å². The van der Waals surface area contributed by atoms with Gasteiger partial charge in [-0.15, -0.1) is 0 Å². The Balaban J connectivity index is 1.53. The van der Waals surface area contributed by atoms with Crippen LogP contribution in [0.25, 0.3) is 0 Å². The molecule has 1 aromatic carbocycles. The van der Waals surface area contributed by atoms with Crippen LogP contribution in [-0.4, -0.2) is 18.7 Å². The summed E-state index contributed by atoms with van der Waals surface area (Å²) in [6, 6.07) is 10.2. The highest BCUT2D eigenvalue weighted by Gasteiger charge is 2.59. The standard InChI is InChI=1S/C21H26O3/c1-3-23-21(22)20-17(18-15-9-10-16(11-15)19(18)20)13(2)24-12-14-7-5-4-6-8-14/h4-8,13,15-16,18-19H,3,9-12H2,1-2H3/t13-,15+,16-,18+,19+/m0/s1. The Bertz CT molecular complexity index is 648. The third-order valence-corrected chi connectivity index (χ3v) is 6.20. The van der Waals surface area contributed by atoms with E-state index in [2.05, 4.69) is 19.1 Å². The molecule has 5 atom stereocenters. The first-order valence-corrected chi connectivity index (χ1v) is 9.27. The summed E-state index contributed by atoms with van der Waals surface area (Å²) < 4.78 is 11.5. The van der Waals surface area contributed by atoms with Crippen molar-refractivity contribution in [2.75, 3.05) is 6.61 Å². The molecule has 0 aromatic heterocycles. The maximum atomic E-state index is 12.5. The molecule has 128 valence electrons. The fourth-order valence-electron chi connectivity index (χ4n) is 5.27. The summed E-state index contributed by atoms with van der Waals surface area (Å²) in [4.78, 5) is 12.5. The van der Waals surface area contributed by atoms with Crippen LogP contribution in [0.4, 0.5) is 0 Å². The Morgan fingerprint density at radius 1 is 1.17 bits per heavy atom. The molecule has 0 heterocycles. The van der Waals surface area contributed by atoms with Crippen molar-refractivity contribution in [1.82, 2.24) is 0 Å². The molecule has 3 aliphatic carbocycles. The summed E-state index contributed by atoms with van der Waals surface area (Å²) >= 11 is 0. The minimum atomic E-state index is -0.100. The second-order valence-electron chi connectivity index (χ2n) is 7.41. The van der Waals surface area contributed by atoms with Gasteiger partial charge in [-0.05, 0) is 62.0 Å². The fourth-order valence-corrected chi connectivity index (χ4v) is 5.27. The molecule has 0 radical (unpaired) electrons. The molecule has 2 bridgehead atoms. The van der Waals surface area contributed by atoms with Gasteiger partial charge in [-0.3, -0.25) is 0 Å². The molecule has 0 N–H and O–H groups in total. The van der Waals surface area contributed by atoms with Crippen molar-refractivity contribution in [2.24, 2.45) is 23.7 Å². The van der Waals surface area contributed by atoms with E-state index >= 15 is 0 Å². The lowest BCUT2D eigenvalue weighted by atomic mass is 9.60. The van der Waals surface area contributed by atoms with Gasteiger partial charge >= 0.3 is 5.97 Å². The molecule has 3 aliphatic rings. The van der Waals surface area contributed by atoms with Crippen LogP contribution < -0.4 is 0 Å². The molecule has 2 fully saturated rings. The zero-order chi connectivity index (χ0) is 16.7. The molecule has 3 nitrogen and oxygen atoms in total. The first-order chi connectivity index (χ1) is 11.7. The largest absolute Gasteiger partial charge is 0.463 e. The molecule has 4 rings (SSSR count). The topological polar surface area (TPSA) is 35.5 Å². The quantitative estimate of drug-likeness (QED) is 0.738. The van der Waals surface area contributed by atoms with Crippen LogP contribution in [0.1, 0.15) is 38.7 Å². The highest BCUT2D eigenvalue weighted by atomic mass is 16.5. The maximum absolute atomic E-state index is 12.5. The van der Waals surface area contributed by atoms with Gasteiger partial charge in [0.2, 0.25) is 0 Å². The smallest absolute Gasteiger partial charge is 0.334 e. The van der Waals surface area contributed by atoms with E-state index < -0.39 is 0 Å². The second kappa shape index (κ2) is 6.36. The van der Waals surface area contributed by atoms with Gasteiger partial charge in [-0.25, -0.2) is 4.79 Å². The SMILES string of the molecule is CCOC(=O)C1=C([C@H](C)OCc2ccccc2)[C@H]2[C@@H]3CC[C@@H](C3)[C@@H]12. The van der Waals surface area contributed by atoms with Crippen LogP contribution in [0, 0.1) is 23.7 Å². The van der Waals surface area contributed by atoms with E-state index in [1.807, 2.05) is 25.1 Å². The van der Waals surface area contributed by atoms with Gasteiger partial charge in [0.25, 0.3) is 0 Å². The zero-order valence-corrected chi connectivity index (χ0v) is 14.5. The fraction of sp³-hybridized carbons (Fsp3) is 0.571. The number of carbonyl (C=O) groups is 1. The molecule has 0 spiro atoms. The summed E-state index contributed by atoms with van der Waals surface area (Å²) in [5.41, 5.74) is 3.36. The summed E-state index contributed by atoms with van der Waals surface area (Å²) in [5, 5.41) is 0. The molecule has 1 aromatic rings. The van der Waals surface area contributed by atoms with E-state index in [0.717, 1.165) is 11.5 Å². The minimum Gasteiger partial charge on any atom is -0.463 e. The Labute approximate surface area is 144 Å². The Hall–Kier alpha value is -1.61. The summed E-state index contributed by atoms with van der Waals surface area (Å²) in [7, 11) is 0.